The van der Waals surface area contributed by atoms with Crippen LogP contribution < -0.4 is 5.56 Å². The van der Waals surface area contributed by atoms with Gasteiger partial charge in [-0.05, 0) is 57.0 Å². The van der Waals surface area contributed by atoms with Crippen LogP contribution in [0.1, 0.15) is 25.8 Å². The van der Waals surface area contributed by atoms with E-state index < -0.39 is 7.60 Å². The summed E-state index contributed by atoms with van der Waals surface area (Å²) in [7, 11) is -3.11. The van der Waals surface area contributed by atoms with Crippen molar-refractivity contribution in [2.75, 3.05) is 19.4 Å². The SMILES string of the molecule is CCOP(=O)(CCCc1cc2cccnc2n(-c2ccccc2)c1=O)OCC. The van der Waals surface area contributed by atoms with E-state index in [1.54, 1.807) is 24.6 Å². The van der Waals surface area contributed by atoms with E-state index in [4.69, 9.17) is 9.05 Å². The third-order valence-corrected chi connectivity index (χ3v) is 6.55. The number of fused-ring (bicyclic) bond motifs is 1. The van der Waals surface area contributed by atoms with Crippen molar-refractivity contribution in [2.45, 2.75) is 26.7 Å². The molecule has 0 aliphatic rings. The van der Waals surface area contributed by atoms with Gasteiger partial charge < -0.3 is 9.05 Å². The first-order valence-corrected chi connectivity index (χ1v) is 11.2. The maximum Gasteiger partial charge on any atom is 0.330 e. The predicted molar refractivity (Wildman–Crippen MR) is 111 cm³/mol. The lowest BCUT2D eigenvalue weighted by molar-refractivity contribution is 0.220. The molecule has 0 radical (unpaired) electrons. The van der Waals surface area contributed by atoms with Gasteiger partial charge in [-0.1, -0.05) is 18.2 Å². The van der Waals surface area contributed by atoms with Crippen LogP contribution in [0.25, 0.3) is 16.7 Å². The summed E-state index contributed by atoms with van der Waals surface area (Å²) in [6.07, 6.45) is 2.99. The Bertz CT molecular complexity index is 1020. The summed E-state index contributed by atoms with van der Waals surface area (Å²) in [4.78, 5) is 17.6. The van der Waals surface area contributed by atoms with E-state index in [0.29, 0.717) is 37.3 Å². The molecule has 6 nitrogen and oxygen atoms in total. The summed E-state index contributed by atoms with van der Waals surface area (Å²) in [5.74, 6) is 0. The first kappa shape index (κ1) is 20.5. The number of pyridine rings is 2. The van der Waals surface area contributed by atoms with Crippen LogP contribution in [0.3, 0.4) is 0 Å². The van der Waals surface area contributed by atoms with E-state index in [1.165, 1.54) is 0 Å². The Morgan fingerprint density at radius 2 is 1.75 bits per heavy atom. The van der Waals surface area contributed by atoms with E-state index in [9.17, 15) is 9.36 Å². The fourth-order valence-electron chi connectivity index (χ4n) is 3.22. The number of nitrogens with zero attached hydrogens (tertiary/aromatic N) is 2. The summed E-state index contributed by atoms with van der Waals surface area (Å²) in [5.41, 5.74) is 1.94. The molecule has 28 heavy (non-hydrogen) atoms. The Kier molecular flexibility index (Phi) is 6.79. The van der Waals surface area contributed by atoms with Gasteiger partial charge in [0.1, 0.15) is 5.65 Å². The number of aromatic nitrogens is 2. The van der Waals surface area contributed by atoms with Gasteiger partial charge in [0.05, 0.1) is 25.1 Å². The normalized spacial score (nSPS) is 11.8. The molecule has 0 atom stereocenters. The maximum absolute atomic E-state index is 13.2. The molecule has 0 N–H and O–H groups in total. The van der Waals surface area contributed by atoms with Crippen LogP contribution in [0.15, 0.2) is 59.5 Å². The van der Waals surface area contributed by atoms with Gasteiger partial charge in [0.15, 0.2) is 0 Å². The zero-order valence-electron chi connectivity index (χ0n) is 16.2. The van der Waals surface area contributed by atoms with Crippen LogP contribution in [0.2, 0.25) is 0 Å². The molecule has 2 heterocycles. The molecule has 0 saturated carbocycles. The van der Waals surface area contributed by atoms with E-state index in [-0.39, 0.29) is 11.7 Å². The highest BCUT2D eigenvalue weighted by molar-refractivity contribution is 7.53. The maximum atomic E-state index is 13.2. The third-order valence-electron chi connectivity index (χ3n) is 4.38. The largest absolute Gasteiger partial charge is 0.330 e. The minimum Gasteiger partial charge on any atom is -0.309 e. The van der Waals surface area contributed by atoms with Crippen molar-refractivity contribution in [1.29, 1.82) is 0 Å². The second kappa shape index (κ2) is 9.28. The van der Waals surface area contributed by atoms with Gasteiger partial charge in [0, 0.05) is 17.1 Å². The summed E-state index contributed by atoms with van der Waals surface area (Å²) < 4.78 is 25.0. The van der Waals surface area contributed by atoms with Gasteiger partial charge in [0.25, 0.3) is 5.56 Å². The van der Waals surface area contributed by atoms with Crippen molar-refractivity contribution in [3.05, 3.63) is 70.6 Å². The van der Waals surface area contributed by atoms with Crippen LogP contribution in [-0.4, -0.2) is 28.9 Å². The molecule has 1 aromatic carbocycles. The lowest BCUT2D eigenvalue weighted by atomic mass is 10.1. The zero-order valence-corrected chi connectivity index (χ0v) is 17.1. The topological polar surface area (TPSA) is 70.4 Å². The minimum absolute atomic E-state index is 0.111. The van der Waals surface area contributed by atoms with Crippen molar-refractivity contribution in [3.8, 4) is 5.69 Å². The molecule has 148 valence electrons. The average molecular weight is 400 g/mol. The van der Waals surface area contributed by atoms with Crippen LogP contribution in [0, 0.1) is 0 Å². The molecule has 3 aromatic rings. The Morgan fingerprint density at radius 3 is 2.43 bits per heavy atom. The molecule has 0 spiro atoms. The van der Waals surface area contributed by atoms with Crippen LogP contribution in [0.4, 0.5) is 0 Å². The number of benzene rings is 1. The van der Waals surface area contributed by atoms with E-state index in [1.807, 2.05) is 48.5 Å². The molecule has 0 aliphatic heterocycles. The molecule has 0 saturated heterocycles. The van der Waals surface area contributed by atoms with Gasteiger partial charge in [-0.15, -0.1) is 0 Å². The molecular formula is C21H25N2O4P. The number of para-hydroxylation sites is 1. The smallest absolute Gasteiger partial charge is 0.309 e. The van der Waals surface area contributed by atoms with Gasteiger partial charge >= 0.3 is 7.60 Å². The Hall–Kier alpha value is -2.27. The molecule has 2 aromatic heterocycles. The Labute approximate surface area is 164 Å². The lowest BCUT2D eigenvalue weighted by Gasteiger charge is -2.17. The summed E-state index contributed by atoms with van der Waals surface area (Å²) >= 11 is 0. The molecule has 0 aliphatic carbocycles. The molecular weight excluding hydrogens is 375 g/mol. The highest BCUT2D eigenvalue weighted by Gasteiger charge is 2.23. The lowest BCUT2D eigenvalue weighted by Crippen LogP contribution is -2.23. The van der Waals surface area contributed by atoms with Crippen molar-refractivity contribution in [3.63, 3.8) is 0 Å². The average Bonchev–Trinajstić information content (AvgIpc) is 2.69. The predicted octanol–water partition coefficient (Wildman–Crippen LogP) is 4.58. The van der Waals surface area contributed by atoms with E-state index in [2.05, 4.69) is 4.98 Å². The molecule has 0 fully saturated rings. The minimum atomic E-state index is -3.11. The van der Waals surface area contributed by atoms with Crippen molar-refractivity contribution in [2.24, 2.45) is 0 Å². The second-order valence-corrected chi connectivity index (χ2v) is 8.52. The number of aryl methyl sites for hydroxylation is 1. The first-order chi connectivity index (χ1) is 13.6. The highest BCUT2D eigenvalue weighted by Crippen LogP contribution is 2.48. The fraction of sp³-hybridized carbons (Fsp3) is 0.333. The number of hydrogen-bond acceptors (Lipinski definition) is 5. The van der Waals surface area contributed by atoms with E-state index in [0.717, 1.165) is 11.1 Å². The van der Waals surface area contributed by atoms with Crippen molar-refractivity contribution < 1.29 is 13.6 Å². The molecule has 7 heteroatoms. The van der Waals surface area contributed by atoms with Gasteiger partial charge in [0.2, 0.25) is 0 Å². The summed E-state index contributed by atoms with van der Waals surface area (Å²) in [6, 6.07) is 15.1. The zero-order chi connectivity index (χ0) is 20.0. The first-order valence-electron chi connectivity index (χ1n) is 9.51. The monoisotopic (exact) mass is 400 g/mol. The number of hydrogen-bond donors (Lipinski definition) is 0. The van der Waals surface area contributed by atoms with Crippen LogP contribution in [0.5, 0.6) is 0 Å². The Morgan fingerprint density at radius 1 is 1.04 bits per heavy atom. The summed E-state index contributed by atoms with van der Waals surface area (Å²) in [6.45, 7) is 4.25. The van der Waals surface area contributed by atoms with Gasteiger partial charge in [-0.25, -0.2) is 4.98 Å². The Balaban J connectivity index is 1.93. The van der Waals surface area contributed by atoms with Crippen molar-refractivity contribution >= 4 is 18.6 Å². The molecule has 0 unspecified atom stereocenters. The van der Waals surface area contributed by atoms with Crippen molar-refractivity contribution in [1.82, 2.24) is 9.55 Å². The quantitative estimate of drug-likeness (QED) is 0.492. The third kappa shape index (κ3) is 4.58. The van der Waals surface area contributed by atoms with Gasteiger partial charge in [-0.3, -0.25) is 13.9 Å². The van der Waals surface area contributed by atoms with Gasteiger partial charge in [-0.2, -0.15) is 0 Å². The molecule has 0 amide bonds. The highest BCUT2D eigenvalue weighted by atomic mass is 31.2. The van der Waals surface area contributed by atoms with Crippen LogP contribution in [-0.2, 0) is 20.0 Å². The fourth-order valence-corrected chi connectivity index (χ4v) is 4.88. The second-order valence-electron chi connectivity index (χ2n) is 6.34. The number of rotatable bonds is 9. The standard InChI is InChI=1S/C21H25N2O4P/c1-3-26-28(25,27-4-2)15-9-11-18-16-17-10-8-14-22-20(17)23(21(18)24)19-12-6-5-7-13-19/h5-8,10,12-14,16H,3-4,9,11,15H2,1-2H3. The molecule has 3 rings (SSSR count). The summed E-state index contributed by atoms with van der Waals surface area (Å²) in [5, 5.41) is 0.888. The molecule has 0 bridgehead atoms. The van der Waals surface area contributed by atoms with Crippen LogP contribution >= 0.6 is 7.60 Å². The van der Waals surface area contributed by atoms with E-state index >= 15 is 0 Å².